The van der Waals surface area contributed by atoms with Gasteiger partial charge in [-0.3, -0.25) is 19.4 Å². The predicted octanol–water partition coefficient (Wildman–Crippen LogP) is 3.15. The number of benzene rings is 1. The number of ketones is 1. The van der Waals surface area contributed by atoms with Crippen molar-refractivity contribution in [3.63, 3.8) is 0 Å². The van der Waals surface area contributed by atoms with Crippen molar-refractivity contribution < 1.29 is 28.7 Å². The Balaban J connectivity index is 1.77. The molecule has 0 bridgehead atoms. The third-order valence-electron chi connectivity index (χ3n) is 5.06. The van der Waals surface area contributed by atoms with E-state index in [1.165, 1.54) is 27.3 Å². The summed E-state index contributed by atoms with van der Waals surface area (Å²) in [5.41, 5.74) is 2.32. The second-order valence-electron chi connectivity index (χ2n) is 7.36. The molecule has 34 heavy (non-hydrogen) atoms. The van der Waals surface area contributed by atoms with Gasteiger partial charge >= 0.3 is 5.97 Å². The summed E-state index contributed by atoms with van der Waals surface area (Å²) in [5, 5.41) is 5.46. The van der Waals surface area contributed by atoms with Gasteiger partial charge in [-0.25, -0.2) is 4.79 Å². The number of rotatable bonds is 8. The Labute approximate surface area is 195 Å². The molecule has 1 aromatic carbocycles. The monoisotopic (exact) mass is 464 g/mol. The Bertz CT molecular complexity index is 1250. The van der Waals surface area contributed by atoms with Gasteiger partial charge in [-0.1, -0.05) is 0 Å². The number of nitrogens with zero attached hydrogens (tertiary/aromatic N) is 1. The molecule has 3 rings (SSSR count). The van der Waals surface area contributed by atoms with Crippen LogP contribution in [-0.2, 0) is 16.0 Å². The van der Waals surface area contributed by atoms with Crippen LogP contribution in [0.4, 0.5) is 11.4 Å². The summed E-state index contributed by atoms with van der Waals surface area (Å²) in [4.78, 5) is 55.9. The van der Waals surface area contributed by atoms with Crippen LogP contribution < -0.4 is 15.4 Å². The fraction of sp³-hybridized carbons (Fsp3) is 0.208. The van der Waals surface area contributed by atoms with Crippen LogP contribution in [0.2, 0.25) is 0 Å². The van der Waals surface area contributed by atoms with Gasteiger partial charge in [-0.2, -0.15) is 0 Å². The molecule has 0 aliphatic carbocycles. The number of Topliss-reactive ketones (excluding diaryl/α,β-unsaturated/α-hetero) is 1. The Morgan fingerprint density at radius 2 is 1.85 bits per heavy atom. The Morgan fingerprint density at radius 1 is 1.09 bits per heavy atom. The molecule has 176 valence electrons. The highest BCUT2D eigenvalue weighted by Crippen LogP contribution is 2.29. The minimum absolute atomic E-state index is 0.161. The number of nitrogens with one attached hydrogen (secondary N) is 3. The fourth-order valence-electron chi connectivity index (χ4n) is 3.45. The average Bonchev–Trinajstić information content (AvgIpc) is 3.15. The minimum Gasteiger partial charge on any atom is -0.494 e. The minimum atomic E-state index is -0.639. The standard InChI is InChI=1S/C24H24N4O6/c1-13-21(24(32)34-4)18(27-22(13)14(2)29)11-20(30)26-16-7-8-17(19(10-16)33-3)28-23(31)15-6-5-9-25-12-15/h5-10,12,27H,11H2,1-4H3,(H,26,30)(H,28,31). The molecule has 2 heterocycles. The molecule has 0 aliphatic rings. The van der Waals surface area contributed by atoms with E-state index in [1.807, 2.05) is 0 Å². The van der Waals surface area contributed by atoms with Gasteiger partial charge in [0, 0.05) is 36.8 Å². The molecule has 0 saturated carbocycles. The lowest BCUT2D eigenvalue weighted by atomic mass is 10.1. The summed E-state index contributed by atoms with van der Waals surface area (Å²) in [6, 6.07) is 8.03. The van der Waals surface area contributed by atoms with E-state index in [0.717, 1.165) is 0 Å². The Morgan fingerprint density at radius 3 is 2.47 bits per heavy atom. The number of anilines is 2. The lowest BCUT2D eigenvalue weighted by molar-refractivity contribution is -0.115. The highest BCUT2D eigenvalue weighted by Gasteiger charge is 2.24. The van der Waals surface area contributed by atoms with Crippen LogP contribution in [0.3, 0.4) is 0 Å². The molecule has 0 atom stereocenters. The van der Waals surface area contributed by atoms with E-state index >= 15 is 0 Å². The molecule has 2 aromatic heterocycles. The maximum atomic E-state index is 12.7. The van der Waals surface area contributed by atoms with Crippen molar-refractivity contribution in [2.45, 2.75) is 20.3 Å². The van der Waals surface area contributed by atoms with Crippen LogP contribution in [0.25, 0.3) is 0 Å². The van der Waals surface area contributed by atoms with E-state index in [-0.39, 0.29) is 35.1 Å². The summed E-state index contributed by atoms with van der Waals surface area (Å²) in [7, 11) is 2.67. The number of carbonyl (C=O) groups is 4. The van der Waals surface area contributed by atoms with Crippen molar-refractivity contribution in [1.82, 2.24) is 9.97 Å². The van der Waals surface area contributed by atoms with Gasteiger partial charge in [0.05, 0.1) is 43.1 Å². The molecule has 0 fully saturated rings. The second-order valence-corrected chi connectivity index (χ2v) is 7.36. The molecular formula is C24H24N4O6. The van der Waals surface area contributed by atoms with Crippen molar-refractivity contribution >= 4 is 34.9 Å². The number of carbonyl (C=O) groups excluding carboxylic acids is 4. The van der Waals surface area contributed by atoms with Crippen molar-refractivity contribution in [3.8, 4) is 5.75 Å². The van der Waals surface area contributed by atoms with Gasteiger partial charge in [0.2, 0.25) is 5.91 Å². The summed E-state index contributed by atoms with van der Waals surface area (Å²) in [6.07, 6.45) is 2.82. The highest BCUT2D eigenvalue weighted by molar-refractivity contribution is 6.05. The van der Waals surface area contributed by atoms with E-state index in [2.05, 4.69) is 20.6 Å². The van der Waals surface area contributed by atoms with Crippen LogP contribution in [-0.4, -0.2) is 47.8 Å². The molecule has 10 heteroatoms. The second kappa shape index (κ2) is 10.4. The SMILES string of the molecule is COC(=O)c1c(CC(=O)Nc2ccc(NC(=O)c3cccnc3)c(OC)c2)[nH]c(C(C)=O)c1C. The zero-order valence-corrected chi connectivity index (χ0v) is 19.1. The summed E-state index contributed by atoms with van der Waals surface area (Å²) in [6.45, 7) is 2.98. The van der Waals surface area contributed by atoms with Gasteiger partial charge in [-0.05, 0) is 36.8 Å². The number of aromatic amines is 1. The van der Waals surface area contributed by atoms with Crippen molar-refractivity contribution in [1.29, 1.82) is 0 Å². The number of aromatic nitrogens is 2. The predicted molar refractivity (Wildman–Crippen MR) is 124 cm³/mol. The Hall–Kier alpha value is -4.47. The van der Waals surface area contributed by atoms with Crippen molar-refractivity contribution in [2.24, 2.45) is 0 Å². The number of amides is 2. The summed E-state index contributed by atoms with van der Waals surface area (Å²) in [5.74, 6) is -1.36. The van der Waals surface area contributed by atoms with Crippen molar-refractivity contribution in [2.75, 3.05) is 24.9 Å². The first kappa shape index (κ1) is 24.2. The van der Waals surface area contributed by atoms with E-state index in [4.69, 9.17) is 9.47 Å². The molecule has 0 saturated heterocycles. The van der Waals surface area contributed by atoms with Gasteiger partial charge in [0.1, 0.15) is 5.75 Å². The number of hydrogen-bond donors (Lipinski definition) is 3. The van der Waals surface area contributed by atoms with E-state index in [1.54, 1.807) is 43.5 Å². The van der Waals surface area contributed by atoms with Crippen molar-refractivity contribution in [3.05, 3.63) is 70.8 Å². The van der Waals surface area contributed by atoms with Gasteiger partial charge < -0.3 is 25.1 Å². The first-order chi connectivity index (χ1) is 16.2. The van der Waals surface area contributed by atoms with E-state index in [0.29, 0.717) is 28.3 Å². The number of esters is 1. The van der Waals surface area contributed by atoms with E-state index in [9.17, 15) is 19.2 Å². The summed E-state index contributed by atoms with van der Waals surface area (Å²) < 4.78 is 10.1. The van der Waals surface area contributed by atoms with E-state index < -0.39 is 11.9 Å². The lowest BCUT2D eigenvalue weighted by Crippen LogP contribution is -2.17. The number of hydrogen-bond acceptors (Lipinski definition) is 7. The molecular weight excluding hydrogens is 440 g/mol. The molecule has 0 radical (unpaired) electrons. The zero-order valence-electron chi connectivity index (χ0n) is 19.1. The van der Waals surface area contributed by atoms with Crippen LogP contribution in [0.1, 0.15) is 49.4 Å². The van der Waals surface area contributed by atoms with Gasteiger partial charge in [0.25, 0.3) is 5.91 Å². The first-order valence-electron chi connectivity index (χ1n) is 10.2. The third kappa shape index (κ3) is 5.29. The molecule has 3 aromatic rings. The van der Waals surface area contributed by atoms with Gasteiger partial charge in [-0.15, -0.1) is 0 Å². The number of ether oxygens (including phenoxy) is 2. The third-order valence-corrected chi connectivity index (χ3v) is 5.06. The average molecular weight is 464 g/mol. The molecule has 0 aliphatic heterocycles. The van der Waals surface area contributed by atoms with Gasteiger partial charge in [0.15, 0.2) is 5.78 Å². The topological polar surface area (TPSA) is 139 Å². The lowest BCUT2D eigenvalue weighted by Gasteiger charge is -2.13. The maximum absolute atomic E-state index is 12.7. The molecule has 2 amide bonds. The number of H-pyrrole nitrogens is 1. The largest absolute Gasteiger partial charge is 0.494 e. The fourth-order valence-corrected chi connectivity index (χ4v) is 3.45. The molecule has 3 N–H and O–H groups in total. The number of methoxy groups -OCH3 is 2. The van der Waals surface area contributed by atoms with Crippen LogP contribution in [0, 0.1) is 6.92 Å². The molecule has 0 unspecified atom stereocenters. The van der Waals surface area contributed by atoms with Crippen LogP contribution in [0.5, 0.6) is 5.75 Å². The van der Waals surface area contributed by atoms with Crippen LogP contribution >= 0.6 is 0 Å². The maximum Gasteiger partial charge on any atom is 0.339 e. The van der Waals surface area contributed by atoms with Crippen LogP contribution in [0.15, 0.2) is 42.7 Å². The quantitative estimate of drug-likeness (QED) is 0.344. The molecule has 10 nitrogen and oxygen atoms in total. The molecule has 0 spiro atoms. The summed E-state index contributed by atoms with van der Waals surface area (Å²) >= 11 is 0. The Kier molecular flexibility index (Phi) is 7.42. The first-order valence-corrected chi connectivity index (χ1v) is 10.2. The smallest absolute Gasteiger partial charge is 0.339 e. The zero-order chi connectivity index (χ0) is 24.8. The number of pyridine rings is 1. The highest BCUT2D eigenvalue weighted by atomic mass is 16.5. The normalized spacial score (nSPS) is 10.4.